The van der Waals surface area contributed by atoms with E-state index in [2.05, 4.69) is 21.4 Å². The highest BCUT2D eigenvalue weighted by Gasteiger charge is 2.20. The minimum atomic E-state index is -0.503. The van der Waals surface area contributed by atoms with E-state index >= 15 is 0 Å². The Kier molecular flexibility index (Phi) is 5.04. The SMILES string of the molecule is Cc1cc(C(NN)c2ccc(Br)c(Cl)c2F)ccc1Cl. The van der Waals surface area contributed by atoms with Crippen molar-refractivity contribution in [2.75, 3.05) is 0 Å². The van der Waals surface area contributed by atoms with E-state index in [1.54, 1.807) is 24.3 Å². The second kappa shape index (κ2) is 6.41. The topological polar surface area (TPSA) is 38.0 Å². The molecule has 2 nitrogen and oxygen atoms in total. The average molecular weight is 378 g/mol. The maximum atomic E-state index is 14.3. The summed E-state index contributed by atoms with van der Waals surface area (Å²) in [6, 6.07) is 8.25. The maximum Gasteiger partial charge on any atom is 0.148 e. The van der Waals surface area contributed by atoms with Gasteiger partial charge in [0.1, 0.15) is 5.82 Å². The van der Waals surface area contributed by atoms with Crippen molar-refractivity contribution >= 4 is 39.1 Å². The Balaban J connectivity index is 2.52. The van der Waals surface area contributed by atoms with E-state index in [0.717, 1.165) is 11.1 Å². The second-order valence-corrected chi connectivity index (χ2v) is 6.01. The van der Waals surface area contributed by atoms with Crippen molar-refractivity contribution in [3.8, 4) is 0 Å². The predicted molar refractivity (Wildman–Crippen MR) is 84.5 cm³/mol. The first-order valence-electron chi connectivity index (χ1n) is 5.81. The molecule has 0 aliphatic heterocycles. The zero-order valence-corrected chi connectivity index (χ0v) is 13.7. The van der Waals surface area contributed by atoms with Crippen LogP contribution < -0.4 is 11.3 Å². The molecule has 0 saturated carbocycles. The molecular weight excluding hydrogens is 366 g/mol. The molecule has 1 unspecified atom stereocenters. The Morgan fingerprint density at radius 3 is 2.55 bits per heavy atom. The predicted octanol–water partition coefficient (Wildman–Crippen LogP) is 4.76. The van der Waals surface area contributed by atoms with Gasteiger partial charge >= 0.3 is 0 Å². The third-order valence-electron chi connectivity index (χ3n) is 3.06. The molecule has 0 aliphatic rings. The van der Waals surface area contributed by atoms with E-state index in [1.807, 2.05) is 13.0 Å². The molecule has 0 aromatic heterocycles. The van der Waals surface area contributed by atoms with Crippen LogP contribution >= 0.6 is 39.1 Å². The van der Waals surface area contributed by atoms with Gasteiger partial charge in [-0.3, -0.25) is 5.84 Å². The molecule has 20 heavy (non-hydrogen) atoms. The van der Waals surface area contributed by atoms with Gasteiger partial charge < -0.3 is 0 Å². The van der Waals surface area contributed by atoms with E-state index in [1.165, 1.54) is 0 Å². The highest BCUT2D eigenvalue weighted by molar-refractivity contribution is 9.10. The Morgan fingerprint density at radius 2 is 1.95 bits per heavy atom. The number of benzene rings is 2. The van der Waals surface area contributed by atoms with E-state index < -0.39 is 11.9 Å². The quantitative estimate of drug-likeness (QED) is 0.460. The summed E-state index contributed by atoms with van der Waals surface area (Å²) in [6.45, 7) is 1.88. The van der Waals surface area contributed by atoms with Crippen molar-refractivity contribution in [3.05, 3.63) is 67.4 Å². The van der Waals surface area contributed by atoms with Gasteiger partial charge in [0.25, 0.3) is 0 Å². The van der Waals surface area contributed by atoms with Gasteiger partial charge in [0.15, 0.2) is 0 Å². The number of hydrogen-bond donors (Lipinski definition) is 2. The van der Waals surface area contributed by atoms with Crippen LogP contribution in [0, 0.1) is 12.7 Å². The first-order valence-corrected chi connectivity index (χ1v) is 7.36. The zero-order chi connectivity index (χ0) is 14.9. The minimum Gasteiger partial charge on any atom is -0.271 e. The van der Waals surface area contributed by atoms with Crippen LogP contribution in [0.4, 0.5) is 4.39 Å². The average Bonchev–Trinajstić information content (AvgIpc) is 2.43. The summed E-state index contributed by atoms with van der Waals surface area (Å²) in [5, 5.41) is 0.687. The summed E-state index contributed by atoms with van der Waals surface area (Å²) in [4.78, 5) is 0. The van der Waals surface area contributed by atoms with Crippen molar-refractivity contribution in [1.29, 1.82) is 0 Å². The molecule has 0 aliphatic carbocycles. The van der Waals surface area contributed by atoms with Crippen LogP contribution in [0.1, 0.15) is 22.7 Å². The molecule has 0 saturated heterocycles. The molecule has 0 spiro atoms. The van der Waals surface area contributed by atoms with Gasteiger partial charge in [-0.25, -0.2) is 9.82 Å². The van der Waals surface area contributed by atoms with Crippen molar-refractivity contribution in [2.45, 2.75) is 13.0 Å². The van der Waals surface area contributed by atoms with Crippen LogP contribution in [0.25, 0.3) is 0 Å². The monoisotopic (exact) mass is 376 g/mol. The van der Waals surface area contributed by atoms with E-state index in [0.29, 0.717) is 15.1 Å². The van der Waals surface area contributed by atoms with Crippen molar-refractivity contribution < 1.29 is 4.39 Å². The number of aryl methyl sites for hydroxylation is 1. The standard InChI is InChI=1S/C14H12BrCl2FN2/c1-7-6-8(2-5-11(7)16)14(20-19)9-3-4-10(15)12(17)13(9)18/h2-6,14,20H,19H2,1H3. The molecule has 6 heteroatoms. The van der Waals surface area contributed by atoms with E-state index in [-0.39, 0.29) is 5.02 Å². The van der Waals surface area contributed by atoms with Crippen LogP contribution in [-0.4, -0.2) is 0 Å². The van der Waals surface area contributed by atoms with Crippen LogP contribution in [-0.2, 0) is 0 Å². The van der Waals surface area contributed by atoms with Gasteiger partial charge in [-0.05, 0) is 46.1 Å². The molecule has 0 bridgehead atoms. The maximum absolute atomic E-state index is 14.3. The number of nitrogens with one attached hydrogen (secondary N) is 1. The summed E-state index contributed by atoms with van der Waals surface area (Å²) in [7, 11) is 0. The van der Waals surface area contributed by atoms with Crippen LogP contribution in [0.5, 0.6) is 0 Å². The number of nitrogens with two attached hydrogens (primary N) is 1. The lowest BCUT2D eigenvalue weighted by molar-refractivity contribution is 0.559. The van der Waals surface area contributed by atoms with Crippen LogP contribution in [0.2, 0.25) is 10.0 Å². The van der Waals surface area contributed by atoms with E-state index in [9.17, 15) is 4.39 Å². The first-order chi connectivity index (χ1) is 9.45. The summed E-state index contributed by atoms with van der Waals surface area (Å²) in [5.74, 6) is 5.07. The fraction of sp³-hybridized carbons (Fsp3) is 0.143. The number of halogens is 4. The van der Waals surface area contributed by atoms with Crippen LogP contribution in [0.15, 0.2) is 34.8 Å². The molecule has 3 N–H and O–H groups in total. The first kappa shape index (κ1) is 15.7. The smallest absolute Gasteiger partial charge is 0.148 e. The summed E-state index contributed by atoms with van der Waals surface area (Å²) >= 11 is 15.1. The molecule has 0 fully saturated rings. The van der Waals surface area contributed by atoms with Crippen molar-refractivity contribution in [2.24, 2.45) is 5.84 Å². The Bertz CT molecular complexity index is 649. The van der Waals surface area contributed by atoms with Gasteiger partial charge in [-0.15, -0.1) is 0 Å². The lowest BCUT2D eigenvalue weighted by Gasteiger charge is -2.19. The lowest BCUT2D eigenvalue weighted by atomic mass is 9.97. The lowest BCUT2D eigenvalue weighted by Crippen LogP contribution is -2.29. The minimum absolute atomic E-state index is 0.0356. The van der Waals surface area contributed by atoms with E-state index in [4.69, 9.17) is 29.0 Å². The number of hydrazine groups is 1. The van der Waals surface area contributed by atoms with Crippen molar-refractivity contribution in [1.82, 2.24) is 5.43 Å². The second-order valence-electron chi connectivity index (χ2n) is 4.37. The highest BCUT2D eigenvalue weighted by Crippen LogP contribution is 2.33. The zero-order valence-electron chi connectivity index (χ0n) is 10.6. The van der Waals surface area contributed by atoms with Gasteiger partial charge in [0, 0.05) is 15.1 Å². The van der Waals surface area contributed by atoms with Gasteiger partial charge in [-0.1, -0.05) is 41.4 Å². The normalized spacial score (nSPS) is 12.5. The summed E-state index contributed by atoms with van der Waals surface area (Å²) < 4.78 is 14.8. The molecule has 0 heterocycles. The van der Waals surface area contributed by atoms with Crippen molar-refractivity contribution in [3.63, 3.8) is 0 Å². The fourth-order valence-corrected chi connectivity index (χ4v) is 2.57. The molecule has 1 atom stereocenters. The third-order valence-corrected chi connectivity index (χ3v) is 4.74. The number of hydrogen-bond acceptors (Lipinski definition) is 2. The van der Waals surface area contributed by atoms with Crippen LogP contribution in [0.3, 0.4) is 0 Å². The summed E-state index contributed by atoms with van der Waals surface area (Å²) in [6.07, 6.45) is 0. The van der Waals surface area contributed by atoms with Gasteiger partial charge in [-0.2, -0.15) is 0 Å². The largest absolute Gasteiger partial charge is 0.271 e. The van der Waals surface area contributed by atoms with Gasteiger partial charge in [0.2, 0.25) is 0 Å². The third kappa shape index (κ3) is 3.00. The molecule has 2 aromatic carbocycles. The molecular formula is C14H12BrCl2FN2. The Hall–Kier alpha value is -0.650. The Morgan fingerprint density at radius 1 is 1.25 bits per heavy atom. The molecule has 106 valence electrons. The fourth-order valence-electron chi connectivity index (χ4n) is 1.98. The molecule has 0 radical (unpaired) electrons. The molecule has 2 aromatic rings. The summed E-state index contributed by atoms with van der Waals surface area (Å²) in [5.41, 5.74) is 4.70. The molecule has 2 rings (SSSR count). The Labute approximate surface area is 135 Å². The number of rotatable bonds is 3. The molecule has 0 amide bonds. The van der Waals surface area contributed by atoms with Gasteiger partial charge in [0.05, 0.1) is 11.1 Å². The highest BCUT2D eigenvalue weighted by atomic mass is 79.9.